The molecule has 0 rings (SSSR count). The average molecular weight is 785 g/mol. The molecule has 0 aliphatic carbocycles. The van der Waals surface area contributed by atoms with Gasteiger partial charge in [-0.05, 0) is 44.9 Å². The van der Waals surface area contributed by atoms with Crippen molar-refractivity contribution in [2.45, 2.75) is 167 Å². The van der Waals surface area contributed by atoms with Crippen LogP contribution in [0.15, 0.2) is 48.6 Å². The number of rotatable bonds is 37. The molecule has 0 aromatic carbocycles. The summed E-state index contributed by atoms with van der Waals surface area (Å²) >= 11 is 0. The number of ether oxygens (including phenoxy) is 2. The van der Waals surface area contributed by atoms with Gasteiger partial charge in [0.25, 0.3) is 0 Å². The Bertz CT molecular complexity index is 1080. The molecule has 0 radical (unpaired) electrons. The molecule has 2 N–H and O–H groups in total. The Morgan fingerprint density at radius 3 is 1.85 bits per heavy atom. The van der Waals surface area contributed by atoms with Gasteiger partial charge in [0, 0.05) is 12.8 Å². The monoisotopic (exact) mass is 785 g/mol. The Morgan fingerprint density at radius 2 is 1.22 bits per heavy atom. The van der Waals surface area contributed by atoms with E-state index in [0.29, 0.717) is 30.3 Å². The van der Waals surface area contributed by atoms with Crippen molar-refractivity contribution in [3.8, 4) is 0 Å². The highest BCUT2D eigenvalue weighted by molar-refractivity contribution is 7.47. The highest BCUT2D eigenvalue weighted by atomic mass is 31.2. The molecule has 0 aromatic rings. The number of unbranched alkanes of at least 4 members (excludes halogenated alkanes) is 14. The fourth-order valence-electron chi connectivity index (χ4n) is 5.35. The molecule has 0 bridgehead atoms. The van der Waals surface area contributed by atoms with Crippen molar-refractivity contribution in [2.24, 2.45) is 0 Å². The summed E-state index contributed by atoms with van der Waals surface area (Å²) in [7, 11) is 1.36. The Kier molecular flexibility index (Phi) is 34.0. The van der Waals surface area contributed by atoms with Gasteiger partial charge >= 0.3 is 19.8 Å². The van der Waals surface area contributed by atoms with E-state index in [1.165, 1.54) is 70.6 Å². The van der Waals surface area contributed by atoms with E-state index in [0.717, 1.165) is 38.5 Å². The van der Waals surface area contributed by atoms with Gasteiger partial charge in [0.15, 0.2) is 6.10 Å². The van der Waals surface area contributed by atoms with Gasteiger partial charge in [-0.15, -0.1) is 0 Å². The van der Waals surface area contributed by atoms with Crippen LogP contribution in [0.3, 0.4) is 0 Å². The van der Waals surface area contributed by atoms with E-state index in [-0.39, 0.29) is 26.1 Å². The van der Waals surface area contributed by atoms with E-state index in [1.54, 1.807) is 12.2 Å². The Labute approximate surface area is 329 Å². The van der Waals surface area contributed by atoms with Crippen LogP contribution in [0.5, 0.6) is 0 Å². The molecular weight excluding hydrogens is 705 g/mol. The predicted octanol–water partition coefficient (Wildman–Crippen LogP) is 10.5. The first-order valence-corrected chi connectivity index (χ1v) is 22.5. The van der Waals surface area contributed by atoms with Gasteiger partial charge in [-0.2, -0.15) is 0 Å². The standard InChI is InChI=1S/C43H78NO9P/c1-6-8-10-12-14-16-18-20-21-23-25-27-29-32-40(45)33-31-35-43(47)53-41(39-52-54(48,49)51-37-36-44(3,4)5)38-50-42(46)34-30-28-26-24-22-19-17-15-13-11-9-7-2/h14,16,20-21,25,27,29,32,40-41,45H,6-13,15,17-19,22-24,26,28,30-31,33-39H2,1-5H3/p+1/b16-14-,21-20-,27-25-,32-29+/t40-,41+/m0/s1. The summed E-state index contributed by atoms with van der Waals surface area (Å²) in [5.41, 5.74) is 0. The minimum Gasteiger partial charge on any atom is -0.462 e. The summed E-state index contributed by atoms with van der Waals surface area (Å²) < 4.78 is 34.1. The third-order valence-corrected chi connectivity index (χ3v) is 9.70. The molecular formula is C43H79NO9P+. The first kappa shape index (κ1) is 51.9. The van der Waals surface area contributed by atoms with Crippen molar-refractivity contribution < 1.29 is 47.2 Å². The SMILES string of the molecule is CCCCC/C=C\C/C=C\C/C=C\C=C\[C@H](O)CCCC(=O)O[C@H](COC(=O)CCCCCCCCCCCCCC)COP(=O)(O)OCC[N+](C)(C)C. The van der Waals surface area contributed by atoms with Crippen molar-refractivity contribution in [3.63, 3.8) is 0 Å². The first-order chi connectivity index (χ1) is 25.9. The van der Waals surface area contributed by atoms with Gasteiger partial charge in [-0.3, -0.25) is 18.6 Å². The van der Waals surface area contributed by atoms with E-state index in [1.807, 2.05) is 33.3 Å². The fourth-order valence-corrected chi connectivity index (χ4v) is 6.09. The number of phosphoric ester groups is 1. The normalized spacial score (nSPS) is 14.7. The molecule has 0 saturated heterocycles. The van der Waals surface area contributed by atoms with E-state index in [4.69, 9.17) is 18.5 Å². The van der Waals surface area contributed by atoms with Gasteiger partial charge < -0.3 is 24.0 Å². The number of quaternary nitrogens is 1. The summed E-state index contributed by atoms with van der Waals surface area (Å²) in [4.78, 5) is 35.3. The van der Waals surface area contributed by atoms with Crippen LogP contribution in [0.4, 0.5) is 0 Å². The molecule has 10 nitrogen and oxygen atoms in total. The number of hydrogen-bond acceptors (Lipinski definition) is 8. The second-order valence-electron chi connectivity index (χ2n) is 15.2. The third kappa shape index (κ3) is 38.2. The zero-order chi connectivity index (χ0) is 40.2. The molecule has 0 amide bonds. The van der Waals surface area contributed by atoms with Crippen LogP contribution < -0.4 is 0 Å². The molecule has 0 spiro atoms. The summed E-state index contributed by atoms with van der Waals surface area (Å²) in [5.74, 6) is -1.00. The largest absolute Gasteiger partial charge is 0.472 e. The van der Waals surface area contributed by atoms with E-state index in [2.05, 4.69) is 38.2 Å². The zero-order valence-corrected chi connectivity index (χ0v) is 35.7. The van der Waals surface area contributed by atoms with E-state index >= 15 is 0 Å². The van der Waals surface area contributed by atoms with Crippen LogP contribution in [0.2, 0.25) is 0 Å². The minimum atomic E-state index is -4.42. The van der Waals surface area contributed by atoms with Gasteiger partial charge in [-0.25, -0.2) is 4.57 Å². The van der Waals surface area contributed by atoms with Crippen LogP contribution in [0, 0.1) is 0 Å². The Balaban J connectivity index is 4.61. The van der Waals surface area contributed by atoms with Crippen molar-refractivity contribution in [3.05, 3.63) is 48.6 Å². The number of nitrogens with zero attached hydrogens (tertiary/aromatic N) is 1. The molecule has 0 heterocycles. The molecule has 314 valence electrons. The van der Waals surface area contributed by atoms with Gasteiger partial charge in [-0.1, -0.05) is 146 Å². The number of hydrogen-bond donors (Lipinski definition) is 2. The summed E-state index contributed by atoms with van der Waals surface area (Å²) in [6.07, 6.45) is 36.2. The summed E-state index contributed by atoms with van der Waals surface area (Å²) in [5, 5.41) is 10.3. The first-order valence-electron chi connectivity index (χ1n) is 21.0. The smallest absolute Gasteiger partial charge is 0.462 e. The molecule has 0 fully saturated rings. The molecule has 0 aliphatic rings. The maximum absolute atomic E-state index is 12.7. The second kappa shape index (κ2) is 35.4. The number of aliphatic hydroxyl groups excluding tert-OH is 1. The Morgan fingerprint density at radius 1 is 0.667 bits per heavy atom. The number of likely N-dealkylation sites (N-methyl/N-ethyl adjacent to an activating group) is 1. The molecule has 1 unspecified atom stereocenters. The van der Waals surface area contributed by atoms with E-state index in [9.17, 15) is 24.2 Å². The van der Waals surface area contributed by atoms with Gasteiger partial charge in [0.2, 0.25) is 0 Å². The summed E-state index contributed by atoms with van der Waals surface area (Å²) in [6, 6.07) is 0. The molecule has 11 heteroatoms. The molecule has 0 aromatic heterocycles. The van der Waals surface area contributed by atoms with Crippen molar-refractivity contribution in [1.82, 2.24) is 0 Å². The van der Waals surface area contributed by atoms with Crippen LogP contribution >= 0.6 is 7.82 Å². The van der Waals surface area contributed by atoms with Crippen molar-refractivity contribution in [1.29, 1.82) is 0 Å². The van der Waals surface area contributed by atoms with Crippen molar-refractivity contribution in [2.75, 3.05) is 47.5 Å². The second-order valence-corrected chi connectivity index (χ2v) is 16.7. The highest BCUT2D eigenvalue weighted by Gasteiger charge is 2.27. The van der Waals surface area contributed by atoms with E-state index < -0.39 is 38.6 Å². The lowest BCUT2D eigenvalue weighted by molar-refractivity contribution is -0.870. The lowest BCUT2D eigenvalue weighted by Gasteiger charge is -2.24. The quantitative estimate of drug-likeness (QED) is 0.0158. The summed E-state index contributed by atoms with van der Waals surface area (Å²) in [6.45, 7) is 4.15. The number of aliphatic hydroxyl groups is 1. The third-order valence-electron chi connectivity index (χ3n) is 8.72. The van der Waals surface area contributed by atoms with Crippen LogP contribution in [0.25, 0.3) is 0 Å². The predicted molar refractivity (Wildman–Crippen MR) is 221 cm³/mol. The minimum absolute atomic E-state index is 0.00347. The van der Waals surface area contributed by atoms with Gasteiger partial charge in [0.1, 0.15) is 19.8 Å². The molecule has 3 atom stereocenters. The average Bonchev–Trinajstić information content (AvgIpc) is 3.11. The number of esters is 2. The van der Waals surface area contributed by atoms with Crippen LogP contribution in [0.1, 0.15) is 155 Å². The fraction of sp³-hybridized carbons (Fsp3) is 0.767. The zero-order valence-electron chi connectivity index (χ0n) is 34.8. The van der Waals surface area contributed by atoms with Gasteiger partial charge in [0.05, 0.1) is 33.9 Å². The highest BCUT2D eigenvalue weighted by Crippen LogP contribution is 2.43. The molecule has 0 saturated carbocycles. The number of phosphoric acid groups is 1. The number of carbonyl (C=O) groups excluding carboxylic acids is 2. The Hall–Kier alpha value is -2.07. The van der Waals surface area contributed by atoms with Crippen LogP contribution in [-0.4, -0.2) is 86.1 Å². The maximum atomic E-state index is 12.7. The maximum Gasteiger partial charge on any atom is 0.472 e. The van der Waals surface area contributed by atoms with Crippen LogP contribution in [-0.2, 0) is 32.7 Å². The lowest BCUT2D eigenvalue weighted by Crippen LogP contribution is -2.37. The molecule has 0 aliphatic heterocycles. The topological polar surface area (TPSA) is 129 Å². The molecule has 54 heavy (non-hydrogen) atoms. The lowest BCUT2D eigenvalue weighted by atomic mass is 10.0. The number of carbonyl (C=O) groups is 2. The number of allylic oxidation sites excluding steroid dienone is 7. The van der Waals surface area contributed by atoms with Crippen molar-refractivity contribution >= 4 is 19.8 Å².